The smallest absolute Gasteiger partial charge is 0.462 e. The standard InChI is InChI=1S/C43H67O9P/c1-3-5-7-8-9-10-11-12-13-14-15-16-19-23-26-29-33-37-43(46)52-41(39-51-53(47,48)49)38-50-42(45)36-32-28-25-22-20-17-18-21-24-27-31-35-40(44)34-30-6-4-2/h5,7,9-10,12-13,15-18,22,24-25,27,31,35,41H,3-4,6,8,11,14,19-21,23,26,28-30,32-34,36-39H2,1-2H3,(H2,47,48,49)/b7-5-,10-9-,13-12-,16-15-,18-17-,25-22-,27-24-,35-31+/t41-/m1/s1. The van der Waals surface area contributed by atoms with Crippen molar-refractivity contribution in [2.75, 3.05) is 13.2 Å². The first-order valence-electron chi connectivity index (χ1n) is 19.5. The number of allylic oxidation sites excluding steroid dienone is 16. The molecular weight excluding hydrogens is 691 g/mol. The summed E-state index contributed by atoms with van der Waals surface area (Å²) in [7, 11) is -4.79. The van der Waals surface area contributed by atoms with Gasteiger partial charge < -0.3 is 19.3 Å². The van der Waals surface area contributed by atoms with E-state index in [9.17, 15) is 18.9 Å². The summed E-state index contributed by atoms with van der Waals surface area (Å²) in [5, 5.41) is 0. The minimum absolute atomic E-state index is 0.153. The first kappa shape index (κ1) is 49.6. The summed E-state index contributed by atoms with van der Waals surface area (Å²) in [4.78, 5) is 54.4. The summed E-state index contributed by atoms with van der Waals surface area (Å²) in [6.45, 7) is 3.32. The van der Waals surface area contributed by atoms with Crippen molar-refractivity contribution in [1.82, 2.24) is 0 Å². The highest BCUT2D eigenvalue weighted by molar-refractivity contribution is 7.46. The van der Waals surface area contributed by atoms with Crippen LogP contribution >= 0.6 is 7.82 Å². The average molecular weight is 759 g/mol. The van der Waals surface area contributed by atoms with Crippen molar-refractivity contribution in [3.63, 3.8) is 0 Å². The summed E-state index contributed by atoms with van der Waals surface area (Å²) in [6.07, 6.45) is 46.8. The van der Waals surface area contributed by atoms with Crippen LogP contribution in [0.3, 0.4) is 0 Å². The fourth-order valence-electron chi connectivity index (χ4n) is 4.66. The van der Waals surface area contributed by atoms with E-state index >= 15 is 0 Å². The van der Waals surface area contributed by atoms with E-state index in [1.807, 2.05) is 36.5 Å². The third kappa shape index (κ3) is 39.7. The van der Waals surface area contributed by atoms with Gasteiger partial charge in [0.05, 0.1) is 6.61 Å². The van der Waals surface area contributed by atoms with Gasteiger partial charge in [-0.1, -0.05) is 131 Å². The van der Waals surface area contributed by atoms with E-state index in [4.69, 9.17) is 19.3 Å². The number of esters is 2. The molecule has 0 heterocycles. The van der Waals surface area contributed by atoms with Crippen LogP contribution in [0.5, 0.6) is 0 Å². The van der Waals surface area contributed by atoms with E-state index in [1.54, 1.807) is 12.2 Å². The van der Waals surface area contributed by atoms with E-state index in [0.717, 1.165) is 83.5 Å². The SMILES string of the molecule is CC/C=C\C/C=C\C/C=C\C/C=C\CCCCCCC(=O)O[C@H](COC(=O)CCC/C=C\C/C=C\C/C=C\C=C\C(=O)CCCCC)COP(=O)(O)O. The van der Waals surface area contributed by atoms with Gasteiger partial charge in [-0.25, -0.2) is 4.57 Å². The van der Waals surface area contributed by atoms with Crippen LogP contribution in [0, 0.1) is 0 Å². The first-order valence-corrected chi connectivity index (χ1v) is 21.0. The number of rotatable bonds is 34. The molecule has 0 aliphatic carbocycles. The number of hydrogen-bond donors (Lipinski definition) is 2. The Balaban J connectivity index is 4.17. The van der Waals surface area contributed by atoms with Crippen LogP contribution in [0.1, 0.15) is 136 Å². The zero-order chi connectivity index (χ0) is 39.1. The van der Waals surface area contributed by atoms with E-state index in [0.29, 0.717) is 25.7 Å². The van der Waals surface area contributed by atoms with Crippen molar-refractivity contribution in [1.29, 1.82) is 0 Å². The molecule has 0 bridgehead atoms. The summed E-state index contributed by atoms with van der Waals surface area (Å²) in [5.41, 5.74) is 0. The average Bonchev–Trinajstić information content (AvgIpc) is 3.12. The van der Waals surface area contributed by atoms with Crippen LogP contribution in [0.25, 0.3) is 0 Å². The topological polar surface area (TPSA) is 136 Å². The normalized spacial score (nSPS) is 13.4. The number of carbonyl (C=O) groups is 3. The molecule has 0 saturated heterocycles. The Morgan fingerprint density at radius 3 is 1.70 bits per heavy atom. The molecule has 0 radical (unpaired) electrons. The summed E-state index contributed by atoms with van der Waals surface area (Å²) in [5.74, 6) is -0.861. The molecule has 298 valence electrons. The summed E-state index contributed by atoms with van der Waals surface area (Å²) in [6, 6.07) is 0. The van der Waals surface area contributed by atoms with Crippen LogP contribution in [0.15, 0.2) is 97.2 Å². The highest BCUT2D eigenvalue weighted by Crippen LogP contribution is 2.35. The molecule has 53 heavy (non-hydrogen) atoms. The molecular formula is C43H67O9P. The number of phosphoric acid groups is 1. The number of phosphoric ester groups is 1. The van der Waals surface area contributed by atoms with Gasteiger partial charge in [0.1, 0.15) is 6.61 Å². The van der Waals surface area contributed by atoms with Crippen molar-refractivity contribution in [3.8, 4) is 0 Å². The van der Waals surface area contributed by atoms with E-state index in [1.165, 1.54) is 0 Å². The molecule has 0 fully saturated rings. The number of ether oxygens (including phenoxy) is 2. The second-order valence-corrected chi connectivity index (χ2v) is 13.8. The van der Waals surface area contributed by atoms with Crippen molar-refractivity contribution in [2.45, 2.75) is 142 Å². The van der Waals surface area contributed by atoms with Gasteiger partial charge in [-0.15, -0.1) is 0 Å². The molecule has 0 aromatic heterocycles. The predicted molar refractivity (Wildman–Crippen MR) is 216 cm³/mol. The second-order valence-electron chi connectivity index (χ2n) is 12.6. The van der Waals surface area contributed by atoms with Crippen LogP contribution in [0.4, 0.5) is 0 Å². The van der Waals surface area contributed by atoms with E-state index in [2.05, 4.69) is 67.0 Å². The molecule has 1 atom stereocenters. The Morgan fingerprint density at radius 1 is 0.566 bits per heavy atom. The molecule has 10 heteroatoms. The highest BCUT2D eigenvalue weighted by Gasteiger charge is 2.22. The fourth-order valence-corrected chi connectivity index (χ4v) is 5.02. The summed E-state index contributed by atoms with van der Waals surface area (Å²) < 4.78 is 26.2. The van der Waals surface area contributed by atoms with Gasteiger partial charge in [-0.05, 0) is 83.1 Å². The van der Waals surface area contributed by atoms with Crippen LogP contribution in [-0.4, -0.2) is 46.8 Å². The van der Waals surface area contributed by atoms with E-state index < -0.39 is 32.5 Å². The van der Waals surface area contributed by atoms with Crippen molar-refractivity contribution < 1.29 is 42.7 Å². The quantitative estimate of drug-likeness (QED) is 0.0164. The van der Waals surface area contributed by atoms with Gasteiger partial charge in [0.15, 0.2) is 11.9 Å². The van der Waals surface area contributed by atoms with Crippen LogP contribution < -0.4 is 0 Å². The molecule has 0 aromatic rings. The third-order valence-electron chi connectivity index (χ3n) is 7.56. The van der Waals surface area contributed by atoms with Gasteiger partial charge in [-0.2, -0.15) is 0 Å². The zero-order valence-corrected chi connectivity index (χ0v) is 33.3. The Hall–Kier alpha value is -3.36. The molecule has 0 amide bonds. The molecule has 0 aromatic carbocycles. The summed E-state index contributed by atoms with van der Waals surface area (Å²) >= 11 is 0. The molecule has 0 unspecified atom stereocenters. The van der Waals surface area contributed by atoms with Gasteiger partial charge in [0.25, 0.3) is 0 Å². The zero-order valence-electron chi connectivity index (χ0n) is 32.4. The molecule has 0 aliphatic heterocycles. The number of unbranched alkanes of at least 4 members (excludes halogenated alkanes) is 7. The molecule has 0 aliphatic rings. The monoisotopic (exact) mass is 758 g/mol. The maximum Gasteiger partial charge on any atom is 0.469 e. The van der Waals surface area contributed by atoms with Gasteiger partial charge in [0.2, 0.25) is 0 Å². The number of hydrogen-bond acceptors (Lipinski definition) is 7. The highest BCUT2D eigenvalue weighted by atomic mass is 31.2. The van der Waals surface area contributed by atoms with Gasteiger partial charge >= 0.3 is 19.8 Å². The van der Waals surface area contributed by atoms with Crippen LogP contribution in [0.2, 0.25) is 0 Å². The van der Waals surface area contributed by atoms with E-state index in [-0.39, 0.29) is 25.2 Å². The Labute approximate surface area is 320 Å². The maximum absolute atomic E-state index is 12.4. The lowest BCUT2D eigenvalue weighted by molar-refractivity contribution is -0.161. The Morgan fingerprint density at radius 2 is 1.09 bits per heavy atom. The minimum atomic E-state index is -4.79. The van der Waals surface area contributed by atoms with Crippen molar-refractivity contribution in [3.05, 3.63) is 97.2 Å². The number of carbonyl (C=O) groups excluding carboxylic acids is 3. The molecule has 2 N–H and O–H groups in total. The molecule has 0 saturated carbocycles. The van der Waals surface area contributed by atoms with Gasteiger partial charge in [-0.3, -0.25) is 18.9 Å². The van der Waals surface area contributed by atoms with Crippen molar-refractivity contribution in [2.24, 2.45) is 0 Å². The second kappa shape index (κ2) is 37.0. The maximum atomic E-state index is 12.4. The lowest BCUT2D eigenvalue weighted by Crippen LogP contribution is -2.29. The lowest BCUT2D eigenvalue weighted by Gasteiger charge is -2.18. The molecule has 0 rings (SSSR count). The largest absolute Gasteiger partial charge is 0.469 e. The lowest BCUT2D eigenvalue weighted by atomic mass is 10.1. The third-order valence-corrected chi connectivity index (χ3v) is 8.05. The Bertz CT molecular complexity index is 1230. The van der Waals surface area contributed by atoms with Crippen molar-refractivity contribution >= 4 is 25.5 Å². The van der Waals surface area contributed by atoms with Crippen LogP contribution in [-0.2, 0) is 32.9 Å². The predicted octanol–water partition coefficient (Wildman–Crippen LogP) is 11.0. The van der Waals surface area contributed by atoms with Gasteiger partial charge in [0, 0.05) is 19.3 Å². The number of ketones is 1. The minimum Gasteiger partial charge on any atom is -0.462 e. The fraction of sp³-hybridized carbons (Fsp3) is 0.558. The Kier molecular flexibility index (Phi) is 34.6. The molecule has 9 nitrogen and oxygen atoms in total. The first-order chi connectivity index (χ1) is 25.7. The molecule has 0 spiro atoms.